The molecule has 0 aliphatic carbocycles. The Morgan fingerprint density at radius 3 is 2.69 bits per heavy atom. The van der Waals surface area contributed by atoms with Gasteiger partial charge in [0.1, 0.15) is 11.2 Å². The maximum Gasteiger partial charge on any atom is 0.407 e. The highest BCUT2D eigenvalue weighted by Gasteiger charge is 2.23. The van der Waals surface area contributed by atoms with Gasteiger partial charge in [-0.2, -0.15) is 0 Å². The fourth-order valence-electron chi connectivity index (χ4n) is 4.00. The second kappa shape index (κ2) is 9.73. The number of alkyl carbamates (subject to hydrolysis) is 1. The molecule has 1 aromatic heterocycles. The smallest absolute Gasteiger partial charge is 0.407 e. The van der Waals surface area contributed by atoms with E-state index in [9.17, 15) is 19.5 Å². The summed E-state index contributed by atoms with van der Waals surface area (Å²) in [6.45, 7) is 8.73. The Bertz CT molecular complexity index is 1070. The summed E-state index contributed by atoms with van der Waals surface area (Å²) in [5.41, 5.74) is 1.81. The molecule has 2 N–H and O–H groups in total. The number of ether oxygens (including phenoxy) is 2. The summed E-state index contributed by atoms with van der Waals surface area (Å²) in [6.07, 6.45) is 4.26. The zero-order valence-corrected chi connectivity index (χ0v) is 19.2. The van der Waals surface area contributed by atoms with Crippen molar-refractivity contribution >= 4 is 23.0 Å². The first-order chi connectivity index (χ1) is 15.1. The molecule has 174 valence electrons. The van der Waals surface area contributed by atoms with E-state index in [4.69, 9.17) is 9.47 Å². The van der Waals surface area contributed by atoms with Gasteiger partial charge in [-0.15, -0.1) is 0 Å². The molecule has 0 spiro atoms. The van der Waals surface area contributed by atoms with Gasteiger partial charge >= 0.3 is 12.1 Å². The van der Waals surface area contributed by atoms with Crippen molar-refractivity contribution in [3.05, 3.63) is 45.2 Å². The molecule has 32 heavy (non-hydrogen) atoms. The number of hydrogen-bond acceptors (Lipinski definition) is 5. The first kappa shape index (κ1) is 23.8. The largest absolute Gasteiger partial charge is 0.477 e. The number of benzene rings is 1. The minimum Gasteiger partial charge on any atom is -0.477 e. The number of aromatic carboxylic acids is 1. The molecule has 1 atom stereocenters. The molecule has 1 unspecified atom stereocenters. The van der Waals surface area contributed by atoms with Crippen molar-refractivity contribution in [3.8, 4) is 0 Å². The maximum absolute atomic E-state index is 12.8. The van der Waals surface area contributed by atoms with Gasteiger partial charge < -0.3 is 24.5 Å². The zero-order chi connectivity index (χ0) is 23.5. The molecule has 2 heterocycles. The predicted molar refractivity (Wildman–Crippen MR) is 122 cm³/mol. The molecule has 1 aliphatic rings. The number of carbonyl (C=O) groups excluding carboxylic acids is 1. The molecule has 1 aromatic carbocycles. The molecule has 0 radical (unpaired) electrons. The van der Waals surface area contributed by atoms with Gasteiger partial charge in [0, 0.05) is 30.8 Å². The number of nitrogens with one attached hydrogen (secondary N) is 1. The van der Waals surface area contributed by atoms with Crippen molar-refractivity contribution in [1.82, 2.24) is 9.88 Å². The van der Waals surface area contributed by atoms with E-state index in [0.717, 1.165) is 35.9 Å². The quantitative estimate of drug-likeness (QED) is 0.602. The van der Waals surface area contributed by atoms with Gasteiger partial charge in [0.25, 0.3) is 0 Å². The van der Waals surface area contributed by atoms with Crippen LogP contribution in [0.5, 0.6) is 0 Å². The van der Waals surface area contributed by atoms with E-state index < -0.39 is 23.1 Å². The van der Waals surface area contributed by atoms with E-state index in [1.807, 2.05) is 38.3 Å². The topological polar surface area (TPSA) is 107 Å². The van der Waals surface area contributed by atoms with Gasteiger partial charge in [-0.1, -0.05) is 6.07 Å². The van der Waals surface area contributed by atoms with Crippen LogP contribution in [0.2, 0.25) is 0 Å². The van der Waals surface area contributed by atoms with Crippen molar-refractivity contribution < 1.29 is 24.2 Å². The summed E-state index contributed by atoms with van der Waals surface area (Å²) in [7, 11) is 0. The number of carbonyl (C=O) groups is 2. The molecular formula is C24H32N2O6. The van der Waals surface area contributed by atoms with Gasteiger partial charge in [-0.05, 0) is 70.6 Å². The lowest BCUT2D eigenvalue weighted by molar-refractivity contribution is 0.0498. The molecular weight excluding hydrogens is 412 g/mol. The Balaban J connectivity index is 1.60. The number of rotatable bonds is 8. The zero-order valence-electron chi connectivity index (χ0n) is 19.2. The van der Waals surface area contributed by atoms with Crippen LogP contribution in [0.3, 0.4) is 0 Å². The average Bonchev–Trinajstić information content (AvgIpc) is 2.69. The van der Waals surface area contributed by atoms with Gasteiger partial charge in [0.2, 0.25) is 5.43 Å². The van der Waals surface area contributed by atoms with Crippen LogP contribution in [0.15, 0.2) is 23.1 Å². The molecule has 3 rings (SSSR count). The monoisotopic (exact) mass is 444 g/mol. The molecule has 0 bridgehead atoms. The molecule has 0 saturated heterocycles. The maximum atomic E-state index is 12.8. The van der Waals surface area contributed by atoms with E-state index in [2.05, 4.69) is 11.4 Å². The highest BCUT2D eigenvalue weighted by atomic mass is 16.6. The van der Waals surface area contributed by atoms with Crippen LogP contribution in [-0.4, -0.2) is 47.1 Å². The highest BCUT2D eigenvalue weighted by Crippen LogP contribution is 2.31. The van der Waals surface area contributed by atoms with Gasteiger partial charge in [-0.25, -0.2) is 9.59 Å². The average molecular weight is 445 g/mol. The van der Waals surface area contributed by atoms with E-state index in [1.54, 1.807) is 0 Å². The lowest BCUT2D eigenvalue weighted by Gasteiger charge is -2.27. The Morgan fingerprint density at radius 1 is 1.25 bits per heavy atom. The number of amides is 1. The summed E-state index contributed by atoms with van der Waals surface area (Å²) in [6, 6.07) is 4.10. The third-order valence-electron chi connectivity index (χ3n) is 5.47. The second-order valence-corrected chi connectivity index (χ2v) is 9.27. The van der Waals surface area contributed by atoms with E-state index in [1.165, 1.54) is 6.20 Å². The third kappa shape index (κ3) is 5.68. The van der Waals surface area contributed by atoms with Crippen LogP contribution in [0.25, 0.3) is 10.9 Å². The van der Waals surface area contributed by atoms with E-state index in [-0.39, 0.29) is 11.6 Å². The summed E-state index contributed by atoms with van der Waals surface area (Å²) in [5, 5.41) is 12.6. The number of carboxylic acids is 1. The van der Waals surface area contributed by atoms with Crippen molar-refractivity contribution in [2.75, 3.05) is 19.8 Å². The van der Waals surface area contributed by atoms with Gasteiger partial charge in [0.05, 0.1) is 12.1 Å². The molecule has 8 nitrogen and oxygen atoms in total. The normalized spacial score (nSPS) is 15.6. The molecule has 8 heteroatoms. The molecule has 2 aromatic rings. The van der Waals surface area contributed by atoms with Crippen molar-refractivity contribution in [2.24, 2.45) is 0 Å². The fourth-order valence-corrected chi connectivity index (χ4v) is 4.00. The summed E-state index contributed by atoms with van der Waals surface area (Å²) in [4.78, 5) is 36.0. The Morgan fingerprint density at radius 2 is 2.00 bits per heavy atom. The molecule has 1 aliphatic heterocycles. The number of pyridine rings is 1. The Kier molecular flexibility index (Phi) is 7.23. The second-order valence-electron chi connectivity index (χ2n) is 9.27. The summed E-state index contributed by atoms with van der Waals surface area (Å²) >= 11 is 0. The minimum atomic E-state index is -1.20. The van der Waals surface area contributed by atoms with Gasteiger partial charge in [-0.3, -0.25) is 4.79 Å². The van der Waals surface area contributed by atoms with Crippen LogP contribution in [-0.2, 0) is 22.3 Å². The molecule has 0 saturated carbocycles. The SMILES string of the molecule is CC1CCc2cc(CCCOCCNC(=O)OC(C)(C)C)cc3c(=O)c(C(=O)O)cn1c23. The first-order valence-electron chi connectivity index (χ1n) is 11.1. The van der Waals surface area contributed by atoms with E-state index >= 15 is 0 Å². The van der Waals surface area contributed by atoms with Crippen molar-refractivity contribution in [1.29, 1.82) is 0 Å². The lowest BCUT2D eigenvalue weighted by Crippen LogP contribution is -2.34. The predicted octanol–water partition coefficient (Wildman–Crippen LogP) is 3.68. The lowest BCUT2D eigenvalue weighted by atomic mass is 9.93. The highest BCUT2D eigenvalue weighted by molar-refractivity contribution is 5.94. The number of carboxylic acid groups (broad SMARTS) is 1. The standard InChI is InChI=1S/C24H32N2O6/c1-15-7-8-17-12-16(6-5-10-31-11-9-25-23(30)32-24(2,3)4)13-18-20(17)26(15)14-19(21(18)27)22(28)29/h12-15H,5-11H2,1-4H3,(H,25,30)(H,28,29). The third-order valence-corrected chi connectivity index (χ3v) is 5.47. The van der Waals surface area contributed by atoms with Crippen LogP contribution in [0.1, 0.15) is 68.1 Å². The Hall–Kier alpha value is -2.87. The fraction of sp³-hybridized carbons (Fsp3) is 0.542. The first-order valence-corrected chi connectivity index (χ1v) is 11.1. The Labute approximate surface area is 187 Å². The summed E-state index contributed by atoms with van der Waals surface area (Å²) in [5.74, 6) is -1.20. The van der Waals surface area contributed by atoms with Gasteiger partial charge in [0.15, 0.2) is 0 Å². The number of hydrogen-bond donors (Lipinski definition) is 2. The van der Waals surface area contributed by atoms with Crippen molar-refractivity contribution in [2.45, 2.75) is 65.0 Å². The van der Waals surface area contributed by atoms with Crippen LogP contribution in [0.4, 0.5) is 4.79 Å². The number of nitrogens with zero attached hydrogens (tertiary/aromatic N) is 1. The molecule has 1 amide bonds. The van der Waals surface area contributed by atoms with Crippen LogP contribution in [0, 0.1) is 0 Å². The van der Waals surface area contributed by atoms with E-state index in [0.29, 0.717) is 31.6 Å². The van der Waals surface area contributed by atoms with Crippen LogP contribution < -0.4 is 10.7 Å². The van der Waals surface area contributed by atoms with Crippen LogP contribution >= 0.6 is 0 Å². The summed E-state index contributed by atoms with van der Waals surface area (Å²) < 4.78 is 12.7. The molecule has 0 fully saturated rings. The minimum absolute atomic E-state index is 0.150. The van der Waals surface area contributed by atoms with Crippen molar-refractivity contribution in [3.63, 3.8) is 0 Å². The number of aromatic nitrogens is 1. The number of aryl methyl sites for hydroxylation is 2.